The third-order valence-electron chi connectivity index (χ3n) is 1.72. The smallest absolute Gasteiger partial charge is 0.252 e. The minimum absolute atomic E-state index is 0.0796. The van der Waals surface area contributed by atoms with Gasteiger partial charge in [-0.1, -0.05) is 0 Å². The maximum atomic E-state index is 11.2. The molecular formula is C7H9N3O. The first-order valence-electron chi connectivity index (χ1n) is 3.36. The minimum Gasteiger partial charge on any atom is -0.272 e. The number of nitriles is 1. The van der Waals surface area contributed by atoms with E-state index in [9.17, 15) is 4.79 Å². The summed E-state index contributed by atoms with van der Waals surface area (Å²) in [5.41, 5.74) is 0.735. The van der Waals surface area contributed by atoms with E-state index in [1.165, 1.54) is 5.01 Å². The number of hydrogen-bond donors (Lipinski definition) is 0. The van der Waals surface area contributed by atoms with Gasteiger partial charge in [0.2, 0.25) is 0 Å². The van der Waals surface area contributed by atoms with Crippen molar-refractivity contribution in [3.63, 3.8) is 0 Å². The van der Waals surface area contributed by atoms with Crippen LogP contribution in [0.3, 0.4) is 0 Å². The Labute approximate surface area is 65.1 Å². The molecule has 0 N–H and O–H groups in total. The van der Waals surface area contributed by atoms with Gasteiger partial charge in [0.15, 0.2) is 0 Å². The van der Waals surface area contributed by atoms with Crippen molar-refractivity contribution in [2.24, 2.45) is 11.0 Å². The SMILES string of the molecule is CC1=NN(C)C(=O)C1CC#N. The fourth-order valence-corrected chi connectivity index (χ4v) is 1.09. The number of rotatable bonds is 1. The first-order valence-corrected chi connectivity index (χ1v) is 3.36. The molecule has 0 fully saturated rings. The van der Waals surface area contributed by atoms with Crippen molar-refractivity contribution < 1.29 is 4.79 Å². The van der Waals surface area contributed by atoms with Gasteiger partial charge in [0.25, 0.3) is 5.91 Å². The van der Waals surface area contributed by atoms with Crippen molar-refractivity contribution >= 4 is 11.6 Å². The highest BCUT2D eigenvalue weighted by molar-refractivity contribution is 6.06. The predicted octanol–water partition coefficient (Wildman–Crippen LogP) is 0.364. The van der Waals surface area contributed by atoms with Gasteiger partial charge in [-0.25, -0.2) is 5.01 Å². The van der Waals surface area contributed by atoms with Crippen LogP contribution in [0.25, 0.3) is 0 Å². The summed E-state index contributed by atoms with van der Waals surface area (Å²) >= 11 is 0. The lowest BCUT2D eigenvalue weighted by atomic mass is 10.0. The summed E-state index contributed by atoms with van der Waals surface area (Å²) in [6, 6.07) is 1.96. The molecule has 1 rings (SSSR count). The normalized spacial score (nSPS) is 23.4. The third kappa shape index (κ3) is 1.22. The van der Waals surface area contributed by atoms with Gasteiger partial charge in [0, 0.05) is 12.8 Å². The fraction of sp³-hybridized carbons (Fsp3) is 0.571. The van der Waals surface area contributed by atoms with Crippen molar-refractivity contribution in [1.29, 1.82) is 5.26 Å². The molecule has 0 aromatic rings. The van der Waals surface area contributed by atoms with Crippen LogP contribution in [0.2, 0.25) is 0 Å². The molecule has 1 aliphatic heterocycles. The molecule has 1 amide bonds. The lowest BCUT2D eigenvalue weighted by molar-refractivity contribution is -0.130. The van der Waals surface area contributed by atoms with Crippen LogP contribution in [0.4, 0.5) is 0 Å². The first kappa shape index (κ1) is 7.73. The fourth-order valence-electron chi connectivity index (χ4n) is 1.09. The van der Waals surface area contributed by atoms with E-state index in [1.54, 1.807) is 14.0 Å². The Balaban J connectivity index is 2.76. The minimum atomic E-state index is -0.301. The molecule has 0 spiro atoms. The van der Waals surface area contributed by atoms with Crippen molar-refractivity contribution in [2.45, 2.75) is 13.3 Å². The van der Waals surface area contributed by atoms with E-state index in [0.29, 0.717) is 0 Å². The Hall–Kier alpha value is -1.37. The molecule has 1 atom stereocenters. The van der Waals surface area contributed by atoms with E-state index in [4.69, 9.17) is 5.26 Å². The molecule has 0 bridgehead atoms. The molecule has 1 aliphatic rings. The van der Waals surface area contributed by atoms with Crippen LogP contribution in [0.1, 0.15) is 13.3 Å². The highest BCUT2D eigenvalue weighted by Crippen LogP contribution is 2.16. The number of hydrazone groups is 1. The highest BCUT2D eigenvalue weighted by Gasteiger charge is 2.30. The number of nitrogens with zero attached hydrogens (tertiary/aromatic N) is 3. The maximum Gasteiger partial charge on any atom is 0.252 e. The van der Waals surface area contributed by atoms with Crippen LogP contribution in [-0.4, -0.2) is 23.7 Å². The number of amides is 1. The summed E-state index contributed by atoms with van der Waals surface area (Å²) in [6.45, 7) is 1.77. The second kappa shape index (κ2) is 2.70. The van der Waals surface area contributed by atoms with E-state index in [2.05, 4.69) is 5.10 Å². The second-order valence-corrected chi connectivity index (χ2v) is 2.52. The van der Waals surface area contributed by atoms with Crippen LogP contribution in [0.5, 0.6) is 0 Å². The monoisotopic (exact) mass is 151 g/mol. The molecule has 0 radical (unpaired) electrons. The Morgan fingerprint density at radius 2 is 2.45 bits per heavy atom. The molecule has 1 unspecified atom stereocenters. The Kier molecular flexibility index (Phi) is 1.90. The van der Waals surface area contributed by atoms with Gasteiger partial charge in [0.05, 0.1) is 18.4 Å². The van der Waals surface area contributed by atoms with Crippen LogP contribution in [-0.2, 0) is 4.79 Å². The topological polar surface area (TPSA) is 56.5 Å². The van der Waals surface area contributed by atoms with Crippen LogP contribution in [0.15, 0.2) is 5.10 Å². The van der Waals surface area contributed by atoms with E-state index in [-0.39, 0.29) is 18.2 Å². The van der Waals surface area contributed by atoms with Gasteiger partial charge in [0.1, 0.15) is 0 Å². The van der Waals surface area contributed by atoms with Gasteiger partial charge in [-0.05, 0) is 6.92 Å². The molecule has 0 aromatic heterocycles. The lowest BCUT2D eigenvalue weighted by Crippen LogP contribution is -2.23. The largest absolute Gasteiger partial charge is 0.272 e. The zero-order chi connectivity index (χ0) is 8.43. The highest BCUT2D eigenvalue weighted by atomic mass is 16.2. The zero-order valence-corrected chi connectivity index (χ0v) is 6.53. The van der Waals surface area contributed by atoms with Gasteiger partial charge < -0.3 is 0 Å². The first-order chi connectivity index (χ1) is 5.16. The van der Waals surface area contributed by atoms with Crippen molar-refractivity contribution in [2.75, 3.05) is 7.05 Å². The second-order valence-electron chi connectivity index (χ2n) is 2.52. The summed E-state index contributed by atoms with van der Waals surface area (Å²) in [5.74, 6) is -0.381. The van der Waals surface area contributed by atoms with Gasteiger partial charge >= 0.3 is 0 Å². The third-order valence-corrected chi connectivity index (χ3v) is 1.72. The summed E-state index contributed by atoms with van der Waals surface area (Å²) in [4.78, 5) is 11.2. The molecule has 1 heterocycles. The summed E-state index contributed by atoms with van der Waals surface area (Å²) in [6.07, 6.45) is 0.235. The Bertz CT molecular complexity index is 251. The van der Waals surface area contributed by atoms with E-state index in [0.717, 1.165) is 5.71 Å². The molecular weight excluding hydrogens is 142 g/mol. The molecule has 0 aliphatic carbocycles. The molecule has 0 saturated heterocycles. The van der Waals surface area contributed by atoms with Crippen LogP contribution in [0, 0.1) is 17.2 Å². The number of hydrogen-bond acceptors (Lipinski definition) is 3. The summed E-state index contributed by atoms with van der Waals surface area (Å²) < 4.78 is 0. The van der Waals surface area contributed by atoms with Gasteiger partial charge in [-0.15, -0.1) is 0 Å². The molecule has 4 nitrogen and oxygen atoms in total. The van der Waals surface area contributed by atoms with Gasteiger partial charge in [-0.3, -0.25) is 4.79 Å². The molecule has 4 heteroatoms. The van der Waals surface area contributed by atoms with Crippen molar-refractivity contribution in [1.82, 2.24) is 5.01 Å². The molecule has 11 heavy (non-hydrogen) atoms. The zero-order valence-electron chi connectivity index (χ0n) is 6.53. The lowest BCUT2D eigenvalue weighted by Gasteiger charge is -2.04. The summed E-state index contributed by atoms with van der Waals surface area (Å²) in [5, 5.41) is 13.6. The Morgan fingerprint density at radius 3 is 2.82 bits per heavy atom. The maximum absolute atomic E-state index is 11.2. The van der Waals surface area contributed by atoms with Crippen LogP contribution >= 0.6 is 0 Å². The predicted molar refractivity (Wildman–Crippen MR) is 39.6 cm³/mol. The molecule has 0 aromatic carbocycles. The van der Waals surface area contributed by atoms with E-state index < -0.39 is 0 Å². The summed E-state index contributed by atoms with van der Waals surface area (Å²) in [7, 11) is 1.60. The quantitative estimate of drug-likeness (QED) is 0.543. The van der Waals surface area contributed by atoms with Crippen molar-refractivity contribution in [3.05, 3.63) is 0 Å². The van der Waals surface area contributed by atoms with E-state index >= 15 is 0 Å². The average molecular weight is 151 g/mol. The van der Waals surface area contributed by atoms with Gasteiger partial charge in [-0.2, -0.15) is 10.4 Å². The number of carbonyl (C=O) groups is 1. The van der Waals surface area contributed by atoms with E-state index in [1.807, 2.05) is 6.07 Å². The van der Waals surface area contributed by atoms with Crippen molar-refractivity contribution in [3.8, 4) is 6.07 Å². The van der Waals surface area contributed by atoms with Crippen LogP contribution < -0.4 is 0 Å². The Morgan fingerprint density at radius 1 is 1.82 bits per heavy atom. The molecule has 58 valence electrons. The molecule has 0 saturated carbocycles. The standard InChI is InChI=1S/C7H9N3O/c1-5-6(3-4-8)7(11)10(2)9-5/h6H,3H2,1-2H3. The average Bonchev–Trinajstić information content (AvgIpc) is 2.17. The number of carbonyl (C=O) groups excluding carboxylic acids is 1.